The van der Waals surface area contributed by atoms with E-state index >= 15 is 0 Å². The van der Waals surface area contributed by atoms with Crippen molar-refractivity contribution in [3.8, 4) is 5.75 Å². The van der Waals surface area contributed by atoms with Crippen molar-refractivity contribution in [1.82, 2.24) is 0 Å². The Balaban J connectivity index is 2.79. The van der Waals surface area contributed by atoms with E-state index in [0.717, 1.165) is 26.9 Å². The Morgan fingerprint density at radius 1 is 1.36 bits per heavy atom. The normalized spacial score (nSPS) is 11.0. The highest BCUT2D eigenvalue weighted by Gasteiger charge is 2.11. The minimum absolute atomic E-state index is 0.0575. The van der Waals surface area contributed by atoms with Gasteiger partial charge in [-0.2, -0.15) is 0 Å². The Hall–Kier alpha value is -1.06. The van der Waals surface area contributed by atoms with E-state index in [1.54, 1.807) is 6.07 Å². The summed E-state index contributed by atoms with van der Waals surface area (Å²) in [5.74, 6) is 0.307. The van der Waals surface area contributed by atoms with E-state index in [-0.39, 0.29) is 6.61 Å². The van der Waals surface area contributed by atoms with Gasteiger partial charge in [0.2, 0.25) is 0 Å². The second-order valence-corrected chi connectivity index (χ2v) is 4.27. The number of phenols is 1. The van der Waals surface area contributed by atoms with E-state index in [1.807, 2.05) is 12.1 Å². The molecule has 2 aromatic rings. The van der Waals surface area contributed by atoms with Crippen LogP contribution in [0, 0.1) is 0 Å². The molecule has 0 saturated heterocycles. The van der Waals surface area contributed by atoms with Crippen LogP contribution < -0.4 is 0 Å². The molecule has 2 N–H and O–H groups in total. The van der Waals surface area contributed by atoms with E-state index in [1.165, 1.54) is 11.3 Å². The van der Waals surface area contributed by atoms with Crippen LogP contribution in [0.3, 0.4) is 0 Å². The molecule has 14 heavy (non-hydrogen) atoms. The van der Waals surface area contributed by atoms with Gasteiger partial charge in [0.1, 0.15) is 5.75 Å². The van der Waals surface area contributed by atoms with Gasteiger partial charge in [-0.25, -0.2) is 0 Å². The molecule has 0 amide bonds. The zero-order chi connectivity index (χ0) is 10.1. The van der Waals surface area contributed by atoms with E-state index in [4.69, 9.17) is 0 Å². The standard InChI is InChI=1S/C11H12O2S/c1-2-7-8-4-3-5-9(13)11(8)14-10(7)6-12/h3-5,12-13H,2,6H2,1H3. The maximum absolute atomic E-state index is 9.63. The summed E-state index contributed by atoms with van der Waals surface area (Å²) < 4.78 is 0.883. The van der Waals surface area contributed by atoms with Crippen LogP contribution >= 0.6 is 11.3 Å². The van der Waals surface area contributed by atoms with Crippen LogP contribution in [0.1, 0.15) is 17.4 Å². The first kappa shape index (κ1) is 9.49. The third-order valence-corrected chi connectivity index (χ3v) is 3.63. The monoisotopic (exact) mass is 208 g/mol. The molecule has 0 aliphatic rings. The van der Waals surface area contributed by atoms with Gasteiger partial charge in [0.15, 0.2) is 0 Å². The summed E-state index contributed by atoms with van der Waals surface area (Å²) >= 11 is 1.48. The summed E-state index contributed by atoms with van der Waals surface area (Å²) in [6.45, 7) is 2.12. The molecule has 0 saturated carbocycles. The largest absolute Gasteiger partial charge is 0.506 e. The van der Waals surface area contributed by atoms with Gasteiger partial charge in [0, 0.05) is 4.88 Å². The summed E-state index contributed by atoms with van der Waals surface area (Å²) in [7, 11) is 0. The van der Waals surface area contributed by atoms with E-state index in [9.17, 15) is 10.2 Å². The van der Waals surface area contributed by atoms with Crippen molar-refractivity contribution in [3.63, 3.8) is 0 Å². The zero-order valence-electron chi connectivity index (χ0n) is 7.95. The second-order valence-electron chi connectivity index (χ2n) is 3.17. The number of rotatable bonds is 2. The number of hydrogen-bond acceptors (Lipinski definition) is 3. The molecule has 1 heterocycles. The minimum atomic E-state index is 0.0575. The fourth-order valence-corrected chi connectivity index (χ4v) is 2.88. The first-order chi connectivity index (χ1) is 6.77. The Bertz CT molecular complexity index is 460. The van der Waals surface area contributed by atoms with Gasteiger partial charge < -0.3 is 10.2 Å². The smallest absolute Gasteiger partial charge is 0.133 e. The maximum atomic E-state index is 9.63. The van der Waals surface area contributed by atoms with Gasteiger partial charge in [-0.15, -0.1) is 11.3 Å². The summed E-state index contributed by atoms with van der Waals surface area (Å²) in [4.78, 5) is 0.962. The maximum Gasteiger partial charge on any atom is 0.133 e. The van der Waals surface area contributed by atoms with Crippen LogP contribution in [-0.2, 0) is 13.0 Å². The molecule has 0 fully saturated rings. The highest BCUT2D eigenvalue weighted by Crippen LogP contribution is 2.36. The van der Waals surface area contributed by atoms with Crippen molar-refractivity contribution in [3.05, 3.63) is 28.6 Å². The van der Waals surface area contributed by atoms with E-state index < -0.39 is 0 Å². The molecule has 74 valence electrons. The molecule has 0 atom stereocenters. The van der Waals surface area contributed by atoms with Gasteiger partial charge in [0.25, 0.3) is 0 Å². The Kier molecular flexibility index (Phi) is 2.44. The van der Waals surface area contributed by atoms with Crippen molar-refractivity contribution >= 4 is 21.4 Å². The lowest BCUT2D eigenvalue weighted by Gasteiger charge is -1.97. The van der Waals surface area contributed by atoms with Crippen molar-refractivity contribution in [2.24, 2.45) is 0 Å². The molecule has 2 rings (SSSR count). The summed E-state index contributed by atoms with van der Waals surface area (Å²) in [6.07, 6.45) is 0.888. The lowest BCUT2D eigenvalue weighted by Crippen LogP contribution is -1.84. The van der Waals surface area contributed by atoms with Crippen molar-refractivity contribution in [1.29, 1.82) is 0 Å². The Labute approximate surface area is 86.4 Å². The van der Waals surface area contributed by atoms with Crippen molar-refractivity contribution < 1.29 is 10.2 Å². The lowest BCUT2D eigenvalue weighted by atomic mass is 10.1. The van der Waals surface area contributed by atoms with Crippen molar-refractivity contribution in [2.75, 3.05) is 0 Å². The van der Waals surface area contributed by atoms with Gasteiger partial charge >= 0.3 is 0 Å². The molecule has 0 unspecified atom stereocenters. The summed E-state index contributed by atoms with van der Waals surface area (Å²) in [5, 5.41) is 19.9. The average molecular weight is 208 g/mol. The SMILES string of the molecule is CCc1c(CO)sc2c(O)cccc12. The van der Waals surface area contributed by atoms with Crippen LogP contribution in [0.2, 0.25) is 0 Å². The van der Waals surface area contributed by atoms with Crippen LogP contribution in [-0.4, -0.2) is 10.2 Å². The fourth-order valence-electron chi connectivity index (χ4n) is 1.72. The lowest BCUT2D eigenvalue weighted by molar-refractivity contribution is 0.284. The van der Waals surface area contributed by atoms with Crippen molar-refractivity contribution in [2.45, 2.75) is 20.0 Å². The second kappa shape index (κ2) is 3.59. The van der Waals surface area contributed by atoms with Gasteiger partial charge in [-0.3, -0.25) is 0 Å². The number of aryl methyl sites for hydroxylation is 1. The molecule has 0 aliphatic heterocycles. The predicted octanol–water partition coefficient (Wildman–Crippen LogP) is 2.66. The molecule has 0 spiro atoms. The average Bonchev–Trinajstić information content (AvgIpc) is 2.57. The first-order valence-corrected chi connectivity index (χ1v) is 5.42. The number of aromatic hydroxyl groups is 1. The molecule has 0 bridgehead atoms. The molecule has 1 aromatic carbocycles. The number of benzene rings is 1. The zero-order valence-corrected chi connectivity index (χ0v) is 8.77. The third kappa shape index (κ3) is 1.29. The minimum Gasteiger partial charge on any atom is -0.506 e. The first-order valence-electron chi connectivity index (χ1n) is 4.61. The van der Waals surface area contributed by atoms with E-state index in [2.05, 4.69) is 6.92 Å². The molecular formula is C11H12O2S. The van der Waals surface area contributed by atoms with Gasteiger partial charge in [0.05, 0.1) is 11.3 Å². The number of aliphatic hydroxyl groups excluding tert-OH is 1. The van der Waals surface area contributed by atoms with Gasteiger partial charge in [-0.05, 0) is 23.4 Å². The number of aliphatic hydroxyl groups is 1. The molecule has 0 radical (unpaired) electrons. The Morgan fingerprint density at radius 3 is 2.79 bits per heavy atom. The van der Waals surface area contributed by atoms with Crippen LogP contribution in [0.15, 0.2) is 18.2 Å². The number of thiophene rings is 1. The van der Waals surface area contributed by atoms with Crippen LogP contribution in [0.5, 0.6) is 5.75 Å². The summed E-state index contributed by atoms with van der Waals surface area (Å²) in [5.41, 5.74) is 1.16. The molecular weight excluding hydrogens is 196 g/mol. The topological polar surface area (TPSA) is 40.5 Å². The van der Waals surface area contributed by atoms with E-state index in [0.29, 0.717) is 5.75 Å². The molecule has 2 nitrogen and oxygen atoms in total. The fraction of sp³-hybridized carbons (Fsp3) is 0.273. The molecule has 1 aromatic heterocycles. The number of fused-ring (bicyclic) bond motifs is 1. The molecule has 3 heteroatoms. The van der Waals surface area contributed by atoms with Crippen LogP contribution in [0.4, 0.5) is 0 Å². The quantitative estimate of drug-likeness (QED) is 0.796. The predicted molar refractivity (Wildman–Crippen MR) is 58.8 cm³/mol. The number of hydrogen-bond donors (Lipinski definition) is 2. The van der Waals surface area contributed by atoms with Crippen LogP contribution in [0.25, 0.3) is 10.1 Å². The Morgan fingerprint density at radius 2 is 2.14 bits per heavy atom. The highest BCUT2D eigenvalue weighted by molar-refractivity contribution is 7.19. The highest BCUT2D eigenvalue weighted by atomic mass is 32.1. The van der Waals surface area contributed by atoms with Gasteiger partial charge in [-0.1, -0.05) is 19.1 Å². The third-order valence-electron chi connectivity index (χ3n) is 2.38. The molecule has 0 aliphatic carbocycles. The number of phenolic OH excluding ortho intramolecular Hbond substituents is 1. The summed E-state index contributed by atoms with van der Waals surface area (Å²) in [6, 6.07) is 5.51.